The average Bonchev–Trinajstić information content (AvgIpc) is 1.96. The predicted octanol–water partition coefficient (Wildman–Crippen LogP) is 3.36. The molecule has 0 spiro atoms. The van der Waals surface area contributed by atoms with Gasteiger partial charge in [-0.1, -0.05) is 0 Å². The molecular formula is C7H3BrI2O2. The molecule has 0 atom stereocenters. The van der Waals surface area contributed by atoms with Crippen molar-refractivity contribution in [3.05, 3.63) is 29.3 Å². The Morgan fingerprint density at radius 2 is 2.00 bits per heavy atom. The van der Waals surface area contributed by atoms with Crippen LogP contribution < -0.4 is 0 Å². The van der Waals surface area contributed by atoms with Crippen LogP contribution in [0, 0.1) is 7.14 Å². The van der Waals surface area contributed by atoms with Crippen LogP contribution in [0.5, 0.6) is 0 Å². The highest BCUT2D eigenvalue weighted by Crippen LogP contribution is 2.25. The zero-order chi connectivity index (χ0) is 9.30. The third-order valence-electron chi connectivity index (χ3n) is 1.22. The van der Waals surface area contributed by atoms with Crippen LogP contribution in [0.2, 0.25) is 0 Å². The van der Waals surface area contributed by atoms with Crippen molar-refractivity contribution in [1.29, 1.82) is 0 Å². The van der Waals surface area contributed by atoms with E-state index in [0.717, 1.165) is 11.6 Å². The minimum absolute atomic E-state index is 0.342. The minimum atomic E-state index is -0.890. The van der Waals surface area contributed by atoms with E-state index in [0.29, 0.717) is 5.56 Å². The first-order valence-corrected chi connectivity index (χ1v) is 5.85. The molecule has 0 saturated heterocycles. The molecule has 12 heavy (non-hydrogen) atoms. The maximum absolute atomic E-state index is 10.7. The van der Waals surface area contributed by atoms with Crippen molar-refractivity contribution >= 4 is 67.1 Å². The molecule has 0 amide bonds. The summed E-state index contributed by atoms with van der Waals surface area (Å²) in [6, 6.07) is 3.53. The second kappa shape index (κ2) is 4.23. The van der Waals surface area contributed by atoms with Gasteiger partial charge in [0, 0.05) is 11.6 Å². The summed E-state index contributed by atoms with van der Waals surface area (Å²) in [4.78, 5) is 10.7. The first kappa shape index (κ1) is 10.7. The number of halogens is 3. The van der Waals surface area contributed by atoms with E-state index in [4.69, 9.17) is 5.11 Å². The molecule has 5 heteroatoms. The van der Waals surface area contributed by atoms with Crippen LogP contribution in [0.1, 0.15) is 10.4 Å². The van der Waals surface area contributed by atoms with Gasteiger partial charge in [0.25, 0.3) is 0 Å². The van der Waals surface area contributed by atoms with Gasteiger partial charge in [-0.25, -0.2) is 4.79 Å². The van der Waals surface area contributed by atoms with E-state index in [1.54, 1.807) is 6.07 Å². The summed E-state index contributed by atoms with van der Waals surface area (Å²) < 4.78 is 2.48. The molecule has 2 nitrogen and oxygen atoms in total. The van der Waals surface area contributed by atoms with Crippen LogP contribution in [-0.2, 0) is 0 Å². The maximum Gasteiger partial charge on any atom is 0.336 e. The topological polar surface area (TPSA) is 37.3 Å². The van der Waals surface area contributed by atoms with Gasteiger partial charge in [0.15, 0.2) is 0 Å². The molecule has 0 saturated carbocycles. The second-order valence-corrected chi connectivity index (χ2v) is 5.23. The molecule has 1 aromatic rings. The molecule has 0 unspecified atom stereocenters. The second-order valence-electron chi connectivity index (χ2n) is 2.05. The third kappa shape index (κ3) is 2.32. The van der Waals surface area contributed by atoms with Crippen LogP contribution >= 0.6 is 61.1 Å². The first-order valence-electron chi connectivity index (χ1n) is 2.90. The average molecular weight is 453 g/mol. The number of rotatable bonds is 1. The van der Waals surface area contributed by atoms with Gasteiger partial charge in [-0.3, -0.25) is 0 Å². The van der Waals surface area contributed by atoms with Gasteiger partial charge in [-0.05, 0) is 73.2 Å². The highest BCUT2D eigenvalue weighted by atomic mass is 127. The van der Waals surface area contributed by atoms with Crippen molar-refractivity contribution in [1.82, 2.24) is 0 Å². The predicted molar refractivity (Wildman–Crippen MR) is 66.5 cm³/mol. The molecule has 0 aliphatic heterocycles. The number of carboxylic acid groups (broad SMARTS) is 1. The summed E-state index contributed by atoms with van der Waals surface area (Å²) in [7, 11) is 0. The monoisotopic (exact) mass is 452 g/mol. The molecule has 0 fully saturated rings. The molecule has 0 bridgehead atoms. The first-order chi connectivity index (χ1) is 5.52. The van der Waals surface area contributed by atoms with E-state index in [-0.39, 0.29) is 0 Å². The molecule has 64 valence electrons. The van der Waals surface area contributed by atoms with Gasteiger partial charge >= 0.3 is 5.97 Å². The van der Waals surface area contributed by atoms with Crippen LogP contribution in [0.25, 0.3) is 0 Å². The van der Waals surface area contributed by atoms with Crippen molar-refractivity contribution in [3.8, 4) is 0 Å². The van der Waals surface area contributed by atoms with Gasteiger partial charge in [-0.2, -0.15) is 0 Å². The van der Waals surface area contributed by atoms with Crippen molar-refractivity contribution in [3.63, 3.8) is 0 Å². The molecule has 1 N–H and O–H groups in total. The Morgan fingerprint density at radius 1 is 1.42 bits per heavy atom. The summed E-state index contributed by atoms with van der Waals surface area (Å²) in [5.41, 5.74) is 0.342. The van der Waals surface area contributed by atoms with E-state index in [9.17, 15) is 4.79 Å². The summed E-state index contributed by atoms with van der Waals surface area (Å²) in [5, 5.41) is 8.79. The number of carboxylic acids is 1. The van der Waals surface area contributed by atoms with Gasteiger partial charge in [0.1, 0.15) is 0 Å². The van der Waals surface area contributed by atoms with E-state index in [1.165, 1.54) is 0 Å². The molecule has 0 heterocycles. The third-order valence-corrected chi connectivity index (χ3v) is 4.38. The summed E-state index contributed by atoms with van der Waals surface area (Å²) in [5.74, 6) is -0.890. The molecular weight excluding hydrogens is 450 g/mol. The fraction of sp³-hybridized carbons (Fsp3) is 0. The van der Waals surface area contributed by atoms with E-state index in [1.807, 2.05) is 28.7 Å². The zero-order valence-corrected chi connectivity index (χ0v) is 11.5. The van der Waals surface area contributed by atoms with Gasteiger partial charge < -0.3 is 5.11 Å². The van der Waals surface area contributed by atoms with E-state index >= 15 is 0 Å². The SMILES string of the molecule is O=C(O)c1cc(I)cc(Br)c1I. The molecule has 0 aromatic heterocycles. The normalized spacial score (nSPS) is 9.92. The lowest BCUT2D eigenvalue weighted by Crippen LogP contribution is -2.00. The number of aromatic carboxylic acids is 1. The van der Waals surface area contributed by atoms with Crippen LogP contribution in [0.4, 0.5) is 0 Å². The molecule has 0 aliphatic rings. The van der Waals surface area contributed by atoms with E-state index < -0.39 is 5.97 Å². The highest BCUT2D eigenvalue weighted by molar-refractivity contribution is 14.1. The summed E-state index contributed by atoms with van der Waals surface area (Å²) >= 11 is 7.38. The van der Waals surface area contributed by atoms with Crippen molar-refractivity contribution < 1.29 is 9.90 Å². The molecule has 1 aromatic carbocycles. The van der Waals surface area contributed by atoms with Crippen LogP contribution in [0.3, 0.4) is 0 Å². The van der Waals surface area contributed by atoms with Crippen LogP contribution in [-0.4, -0.2) is 11.1 Å². The lowest BCUT2D eigenvalue weighted by Gasteiger charge is -2.02. The number of carbonyl (C=O) groups is 1. The number of benzene rings is 1. The largest absolute Gasteiger partial charge is 0.478 e. The fourth-order valence-electron chi connectivity index (χ4n) is 0.712. The minimum Gasteiger partial charge on any atom is -0.478 e. The fourth-order valence-corrected chi connectivity index (χ4v) is 2.76. The Bertz CT molecular complexity index is 338. The Balaban J connectivity index is 3.37. The summed E-state index contributed by atoms with van der Waals surface area (Å²) in [6.07, 6.45) is 0. The van der Waals surface area contributed by atoms with Crippen molar-refractivity contribution in [2.45, 2.75) is 0 Å². The van der Waals surface area contributed by atoms with Crippen molar-refractivity contribution in [2.24, 2.45) is 0 Å². The number of hydrogen-bond donors (Lipinski definition) is 1. The quantitative estimate of drug-likeness (QED) is 0.524. The molecule has 0 radical (unpaired) electrons. The Morgan fingerprint density at radius 3 is 2.50 bits per heavy atom. The smallest absolute Gasteiger partial charge is 0.336 e. The zero-order valence-electron chi connectivity index (χ0n) is 5.64. The highest BCUT2D eigenvalue weighted by Gasteiger charge is 2.11. The Kier molecular flexibility index (Phi) is 3.77. The van der Waals surface area contributed by atoms with Gasteiger partial charge in [-0.15, -0.1) is 0 Å². The van der Waals surface area contributed by atoms with Gasteiger partial charge in [0.2, 0.25) is 0 Å². The molecule has 0 aliphatic carbocycles. The molecule has 1 rings (SSSR count). The standard InChI is InChI=1S/C7H3BrI2O2/c8-5-2-3(9)1-4(6(5)10)7(11)12/h1-2H,(H,11,12). The van der Waals surface area contributed by atoms with E-state index in [2.05, 4.69) is 38.5 Å². The lowest BCUT2D eigenvalue weighted by atomic mass is 10.2. The van der Waals surface area contributed by atoms with Crippen molar-refractivity contribution in [2.75, 3.05) is 0 Å². The van der Waals surface area contributed by atoms with Crippen LogP contribution in [0.15, 0.2) is 16.6 Å². The van der Waals surface area contributed by atoms with Gasteiger partial charge in [0.05, 0.1) is 5.56 Å². The lowest BCUT2D eigenvalue weighted by molar-refractivity contribution is 0.0695. The summed E-state index contributed by atoms with van der Waals surface area (Å²) in [6.45, 7) is 0. The number of hydrogen-bond acceptors (Lipinski definition) is 1. The Hall–Kier alpha value is 0.630. The Labute approximate surface area is 105 Å². The maximum atomic E-state index is 10.7.